The largest absolute Gasteiger partial charge is 0.383 e. The van der Waals surface area contributed by atoms with Crippen LogP contribution in [-0.4, -0.2) is 13.7 Å². The Morgan fingerprint density at radius 3 is 2.85 bits per heavy atom. The van der Waals surface area contributed by atoms with Crippen molar-refractivity contribution in [3.8, 4) is 0 Å². The molecule has 0 saturated carbocycles. The van der Waals surface area contributed by atoms with Gasteiger partial charge in [-0.05, 0) is 33.6 Å². The first-order valence-corrected chi connectivity index (χ1v) is 4.64. The molecular weight excluding hydrogens is 237 g/mol. The van der Waals surface area contributed by atoms with Crippen LogP contribution >= 0.6 is 15.9 Å². The van der Waals surface area contributed by atoms with E-state index < -0.39 is 0 Å². The summed E-state index contributed by atoms with van der Waals surface area (Å²) in [4.78, 5) is 0. The number of nitrogens with two attached hydrogens (primary N) is 1. The second kappa shape index (κ2) is 4.69. The third-order valence-electron chi connectivity index (χ3n) is 1.72. The second-order valence-electron chi connectivity index (χ2n) is 2.74. The Labute approximate surface area is 85.0 Å². The average Bonchev–Trinajstić information content (AvgIpc) is 2.10. The average molecular weight is 248 g/mol. The minimum absolute atomic E-state index is 0.271. The summed E-state index contributed by atoms with van der Waals surface area (Å²) < 4.78 is 18.4. The Morgan fingerprint density at radius 1 is 1.62 bits per heavy atom. The monoisotopic (exact) mass is 247 g/mol. The highest BCUT2D eigenvalue weighted by molar-refractivity contribution is 9.10. The topological polar surface area (TPSA) is 35.2 Å². The predicted molar refractivity (Wildman–Crippen MR) is 52.9 cm³/mol. The Kier molecular flexibility index (Phi) is 3.84. The van der Waals surface area contributed by atoms with Crippen molar-refractivity contribution < 1.29 is 9.13 Å². The Hall–Kier alpha value is -0.450. The molecule has 2 nitrogen and oxygen atoms in total. The van der Waals surface area contributed by atoms with Gasteiger partial charge in [0.15, 0.2) is 0 Å². The molecule has 0 saturated heterocycles. The van der Waals surface area contributed by atoms with Gasteiger partial charge in [0.05, 0.1) is 17.1 Å². The first kappa shape index (κ1) is 10.6. The normalized spacial score (nSPS) is 12.9. The maximum atomic E-state index is 13.0. The number of ether oxygens (including phenoxy) is 1. The summed E-state index contributed by atoms with van der Waals surface area (Å²) in [7, 11) is 1.56. The third-order valence-corrected chi connectivity index (χ3v) is 2.36. The van der Waals surface area contributed by atoms with Gasteiger partial charge in [-0.3, -0.25) is 0 Å². The van der Waals surface area contributed by atoms with Gasteiger partial charge < -0.3 is 10.5 Å². The smallest absolute Gasteiger partial charge is 0.137 e. The molecule has 0 radical (unpaired) electrons. The highest BCUT2D eigenvalue weighted by Gasteiger charge is 2.07. The van der Waals surface area contributed by atoms with Crippen LogP contribution in [0.25, 0.3) is 0 Å². The SMILES string of the molecule is COC[C@H](N)c1ccc(Br)c(F)c1. The van der Waals surface area contributed by atoms with Crippen LogP contribution in [0, 0.1) is 5.82 Å². The highest BCUT2D eigenvalue weighted by Crippen LogP contribution is 2.19. The minimum atomic E-state index is -0.302. The fourth-order valence-electron chi connectivity index (χ4n) is 1.02. The molecule has 0 unspecified atom stereocenters. The van der Waals surface area contributed by atoms with E-state index in [9.17, 15) is 4.39 Å². The van der Waals surface area contributed by atoms with Crippen LogP contribution in [0.1, 0.15) is 11.6 Å². The van der Waals surface area contributed by atoms with Gasteiger partial charge in [0.25, 0.3) is 0 Å². The summed E-state index contributed by atoms with van der Waals surface area (Å²) in [6.45, 7) is 0.390. The van der Waals surface area contributed by atoms with Gasteiger partial charge in [0, 0.05) is 7.11 Å². The van der Waals surface area contributed by atoms with E-state index >= 15 is 0 Å². The van der Waals surface area contributed by atoms with Crippen LogP contribution in [0.15, 0.2) is 22.7 Å². The Bertz CT molecular complexity index is 293. The molecule has 13 heavy (non-hydrogen) atoms. The lowest BCUT2D eigenvalue weighted by Crippen LogP contribution is -2.16. The lowest BCUT2D eigenvalue weighted by molar-refractivity contribution is 0.181. The molecule has 0 aliphatic rings. The van der Waals surface area contributed by atoms with Crippen molar-refractivity contribution in [2.75, 3.05) is 13.7 Å². The van der Waals surface area contributed by atoms with Gasteiger partial charge in [-0.2, -0.15) is 0 Å². The molecule has 4 heteroatoms. The molecule has 0 aromatic heterocycles. The number of methoxy groups -OCH3 is 1. The van der Waals surface area contributed by atoms with E-state index in [1.165, 1.54) is 6.07 Å². The van der Waals surface area contributed by atoms with E-state index in [-0.39, 0.29) is 11.9 Å². The molecule has 2 N–H and O–H groups in total. The second-order valence-corrected chi connectivity index (χ2v) is 3.59. The summed E-state index contributed by atoms with van der Waals surface area (Å²) in [6.07, 6.45) is 0. The summed E-state index contributed by atoms with van der Waals surface area (Å²) in [5, 5.41) is 0. The first-order valence-electron chi connectivity index (χ1n) is 3.84. The maximum Gasteiger partial charge on any atom is 0.137 e. The predicted octanol–water partition coefficient (Wildman–Crippen LogP) is 2.23. The van der Waals surface area contributed by atoms with E-state index in [0.717, 1.165) is 5.56 Å². The van der Waals surface area contributed by atoms with E-state index in [4.69, 9.17) is 10.5 Å². The number of hydrogen-bond acceptors (Lipinski definition) is 2. The fraction of sp³-hybridized carbons (Fsp3) is 0.333. The van der Waals surface area contributed by atoms with Crippen LogP contribution < -0.4 is 5.73 Å². The molecule has 72 valence electrons. The van der Waals surface area contributed by atoms with Gasteiger partial charge in [-0.1, -0.05) is 6.07 Å². The number of halogens is 2. The lowest BCUT2D eigenvalue weighted by atomic mass is 10.1. The number of hydrogen-bond donors (Lipinski definition) is 1. The fourth-order valence-corrected chi connectivity index (χ4v) is 1.27. The molecule has 0 spiro atoms. The molecular formula is C9H11BrFNO. The zero-order valence-electron chi connectivity index (χ0n) is 7.26. The molecule has 1 atom stereocenters. The molecule has 1 aromatic carbocycles. The van der Waals surface area contributed by atoms with E-state index in [1.807, 2.05) is 0 Å². The van der Waals surface area contributed by atoms with Gasteiger partial charge in [0.1, 0.15) is 5.82 Å². The summed E-state index contributed by atoms with van der Waals surface area (Å²) in [5.74, 6) is -0.302. The van der Waals surface area contributed by atoms with Crippen LogP contribution in [0.5, 0.6) is 0 Å². The van der Waals surface area contributed by atoms with Crippen LogP contribution in [0.3, 0.4) is 0 Å². The van der Waals surface area contributed by atoms with E-state index in [2.05, 4.69) is 15.9 Å². The Balaban J connectivity index is 2.84. The molecule has 0 heterocycles. The van der Waals surface area contributed by atoms with Crippen LogP contribution in [0.4, 0.5) is 4.39 Å². The van der Waals surface area contributed by atoms with Crippen molar-refractivity contribution >= 4 is 15.9 Å². The lowest BCUT2D eigenvalue weighted by Gasteiger charge is -2.10. The molecule has 1 rings (SSSR count). The summed E-state index contributed by atoms with van der Waals surface area (Å²) in [6, 6.07) is 4.55. The first-order chi connectivity index (χ1) is 6.15. The summed E-state index contributed by atoms with van der Waals surface area (Å²) >= 11 is 3.07. The molecule has 0 fully saturated rings. The van der Waals surface area contributed by atoms with Crippen molar-refractivity contribution in [1.29, 1.82) is 0 Å². The van der Waals surface area contributed by atoms with E-state index in [1.54, 1.807) is 19.2 Å². The standard InChI is InChI=1S/C9H11BrFNO/c1-13-5-9(12)6-2-3-7(10)8(11)4-6/h2-4,9H,5,12H2,1H3/t9-/m0/s1. The van der Waals surface area contributed by atoms with E-state index in [0.29, 0.717) is 11.1 Å². The molecule has 0 aliphatic heterocycles. The van der Waals surface area contributed by atoms with Gasteiger partial charge in [-0.25, -0.2) is 4.39 Å². The number of rotatable bonds is 3. The van der Waals surface area contributed by atoms with Crippen molar-refractivity contribution in [2.45, 2.75) is 6.04 Å². The molecule has 0 amide bonds. The van der Waals surface area contributed by atoms with Crippen LogP contribution in [0.2, 0.25) is 0 Å². The van der Waals surface area contributed by atoms with Crippen molar-refractivity contribution in [3.63, 3.8) is 0 Å². The Morgan fingerprint density at radius 2 is 2.31 bits per heavy atom. The van der Waals surface area contributed by atoms with Crippen molar-refractivity contribution in [3.05, 3.63) is 34.1 Å². The maximum absolute atomic E-state index is 13.0. The van der Waals surface area contributed by atoms with Gasteiger partial charge >= 0.3 is 0 Å². The number of benzene rings is 1. The molecule has 1 aromatic rings. The zero-order valence-corrected chi connectivity index (χ0v) is 8.84. The highest BCUT2D eigenvalue weighted by atomic mass is 79.9. The third kappa shape index (κ3) is 2.76. The van der Waals surface area contributed by atoms with Gasteiger partial charge in [-0.15, -0.1) is 0 Å². The van der Waals surface area contributed by atoms with Crippen LogP contribution in [-0.2, 0) is 4.74 Å². The molecule has 0 bridgehead atoms. The van der Waals surface area contributed by atoms with Crippen molar-refractivity contribution in [1.82, 2.24) is 0 Å². The quantitative estimate of drug-likeness (QED) is 0.890. The molecule has 0 aliphatic carbocycles. The van der Waals surface area contributed by atoms with Gasteiger partial charge in [0.2, 0.25) is 0 Å². The summed E-state index contributed by atoms with van der Waals surface area (Å²) in [5.41, 5.74) is 6.46. The van der Waals surface area contributed by atoms with Crippen molar-refractivity contribution in [2.24, 2.45) is 5.73 Å². The minimum Gasteiger partial charge on any atom is -0.383 e. The zero-order chi connectivity index (χ0) is 9.84.